The van der Waals surface area contributed by atoms with Crippen molar-refractivity contribution >= 4 is 11.6 Å². The summed E-state index contributed by atoms with van der Waals surface area (Å²) in [5.74, 6) is -4.33. The van der Waals surface area contributed by atoms with E-state index in [0.717, 1.165) is 12.1 Å². The third kappa shape index (κ3) is 3.10. The van der Waals surface area contributed by atoms with E-state index in [4.69, 9.17) is 8.94 Å². The first-order chi connectivity index (χ1) is 11.0. The van der Waals surface area contributed by atoms with Gasteiger partial charge in [0.05, 0.1) is 24.1 Å². The van der Waals surface area contributed by atoms with E-state index in [2.05, 4.69) is 10.5 Å². The number of nitrogens with zero attached hydrogens (tertiary/aromatic N) is 1. The minimum absolute atomic E-state index is 0.233. The fourth-order valence-corrected chi connectivity index (χ4v) is 1.91. The zero-order chi connectivity index (χ0) is 16.4. The van der Waals surface area contributed by atoms with Gasteiger partial charge in [0.15, 0.2) is 23.2 Å². The summed E-state index contributed by atoms with van der Waals surface area (Å²) < 4.78 is 49.5. The molecular formula is C15H9F3N2O3. The molecule has 0 fully saturated rings. The Morgan fingerprint density at radius 3 is 2.70 bits per heavy atom. The van der Waals surface area contributed by atoms with Crippen molar-refractivity contribution in [2.45, 2.75) is 6.42 Å². The van der Waals surface area contributed by atoms with E-state index in [1.807, 2.05) is 0 Å². The number of hydrogen-bond acceptors (Lipinski definition) is 4. The maximum atomic E-state index is 13.5. The molecular weight excluding hydrogens is 313 g/mol. The molecule has 0 saturated carbocycles. The number of benzene rings is 1. The molecule has 2 heterocycles. The van der Waals surface area contributed by atoms with Gasteiger partial charge >= 0.3 is 0 Å². The van der Waals surface area contributed by atoms with E-state index in [1.165, 1.54) is 12.3 Å². The fraction of sp³-hybridized carbons (Fsp3) is 0.0667. The monoisotopic (exact) mass is 322 g/mol. The van der Waals surface area contributed by atoms with Crippen LogP contribution in [0.2, 0.25) is 0 Å². The predicted octanol–water partition coefficient (Wildman–Crippen LogP) is 3.53. The second-order valence-electron chi connectivity index (χ2n) is 4.61. The van der Waals surface area contributed by atoms with Crippen molar-refractivity contribution in [3.8, 4) is 11.5 Å². The molecule has 0 radical (unpaired) electrons. The number of nitrogens with one attached hydrogen (secondary N) is 1. The third-order valence-corrected chi connectivity index (χ3v) is 2.97. The molecule has 5 nitrogen and oxygen atoms in total. The second kappa shape index (κ2) is 5.99. The first-order valence-electron chi connectivity index (χ1n) is 6.47. The van der Waals surface area contributed by atoms with Crippen LogP contribution in [0.25, 0.3) is 11.5 Å². The van der Waals surface area contributed by atoms with E-state index in [9.17, 15) is 18.0 Å². The number of aromatic nitrogens is 1. The molecule has 3 rings (SSSR count). The van der Waals surface area contributed by atoms with Crippen LogP contribution in [0.4, 0.5) is 18.9 Å². The zero-order valence-electron chi connectivity index (χ0n) is 11.5. The number of halogens is 3. The van der Waals surface area contributed by atoms with Gasteiger partial charge in [-0.05, 0) is 24.3 Å². The molecule has 1 amide bonds. The maximum Gasteiger partial charge on any atom is 0.230 e. The molecule has 0 spiro atoms. The van der Waals surface area contributed by atoms with Gasteiger partial charge in [-0.15, -0.1) is 0 Å². The lowest BCUT2D eigenvalue weighted by molar-refractivity contribution is -0.115. The van der Waals surface area contributed by atoms with E-state index >= 15 is 0 Å². The number of rotatable bonds is 4. The Hall–Kier alpha value is -3.03. The third-order valence-electron chi connectivity index (χ3n) is 2.97. The van der Waals surface area contributed by atoms with Gasteiger partial charge in [0.25, 0.3) is 0 Å². The molecule has 0 aliphatic carbocycles. The average molecular weight is 322 g/mol. The molecule has 0 bridgehead atoms. The summed E-state index contributed by atoms with van der Waals surface area (Å²) in [5, 5.41) is 5.83. The molecule has 8 heteroatoms. The average Bonchev–Trinajstić information content (AvgIpc) is 3.19. The van der Waals surface area contributed by atoms with Gasteiger partial charge in [-0.1, -0.05) is 5.16 Å². The molecule has 2 aromatic heterocycles. The summed E-state index contributed by atoms with van der Waals surface area (Å²) in [5.41, 5.74) is -0.180. The summed E-state index contributed by atoms with van der Waals surface area (Å²) in [6.45, 7) is 0. The maximum absolute atomic E-state index is 13.5. The van der Waals surface area contributed by atoms with Crippen LogP contribution in [0.1, 0.15) is 5.69 Å². The van der Waals surface area contributed by atoms with Crippen molar-refractivity contribution < 1.29 is 26.9 Å². The first-order valence-corrected chi connectivity index (χ1v) is 6.47. The van der Waals surface area contributed by atoms with Gasteiger partial charge in [0.2, 0.25) is 11.7 Å². The van der Waals surface area contributed by atoms with Crippen molar-refractivity contribution in [2.24, 2.45) is 0 Å². The Morgan fingerprint density at radius 1 is 1.13 bits per heavy atom. The quantitative estimate of drug-likeness (QED) is 0.746. The number of amides is 1. The highest BCUT2D eigenvalue weighted by atomic mass is 19.2. The largest absolute Gasteiger partial charge is 0.461 e. The van der Waals surface area contributed by atoms with Gasteiger partial charge < -0.3 is 14.3 Å². The van der Waals surface area contributed by atoms with Crippen molar-refractivity contribution in [3.05, 3.63) is 59.7 Å². The molecule has 118 valence electrons. The molecule has 1 N–H and O–H groups in total. The fourth-order valence-electron chi connectivity index (χ4n) is 1.91. The first kappa shape index (κ1) is 14.9. The Bertz CT molecular complexity index is 844. The van der Waals surface area contributed by atoms with Gasteiger partial charge in [0, 0.05) is 6.07 Å². The lowest BCUT2D eigenvalue weighted by Crippen LogP contribution is -2.16. The summed E-state index contributed by atoms with van der Waals surface area (Å²) in [6, 6.07) is 6.46. The van der Waals surface area contributed by atoms with Crippen LogP contribution in [-0.2, 0) is 11.2 Å². The SMILES string of the molecule is O=C(Cc1cc(-c2ccco2)on1)Nc1ccc(F)c(F)c1F. The van der Waals surface area contributed by atoms with E-state index in [0.29, 0.717) is 11.5 Å². The summed E-state index contributed by atoms with van der Waals surface area (Å²) in [4.78, 5) is 11.8. The number of furan rings is 1. The number of hydrogen-bond donors (Lipinski definition) is 1. The van der Waals surface area contributed by atoms with Crippen molar-refractivity contribution in [1.29, 1.82) is 0 Å². The Labute approximate surface area is 127 Å². The van der Waals surface area contributed by atoms with E-state index < -0.39 is 29.0 Å². The minimum atomic E-state index is -1.65. The molecule has 0 unspecified atom stereocenters. The van der Waals surface area contributed by atoms with Gasteiger partial charge in [-0.25, -0.2) is 13.2 Å². The Balaban J connectivity index is 1.69. The van der Waals surface area contributed by atoms with Crippen LogP contribution in [-0.4, -0.2) is 11.1 Å². The smallest absolute Gasteiger partial charge is 0.230 e. The normalized spacial score (nSPS) is 10.7. The van der Waals surface area contributed by atoms with Crippen LogP contribution in [0.15, 0.2) is 45.5 Å². The van der Waals surface area contributed by atoms with Crippen LogP contribution < -0.4 is 5.32 Å². The zero-order valence-corrected chi connectivity index (χ0v) is 11.5. The topological polar surface area (TPSA) is 68.3 Å². The number of carbonyl (C=O) groups is 1. The molecule has 0 aliphatic heterocycles. The second-order valence-corrected chi connectivity index (χ2v) is 4.61. The predicted molar refractivity (Wildman–Crippen MR) is 72.9 cm³/mol. The van der Waals surface area contributed by atoms with Crippen molar-refractivity contribution in [2.75, 3.05) is 5.32 Å². The highest BCUT2D eigenvalue weighted by Crippen LogP contribution is 2.22. The van der Waals surface area contributed by atoms with Crippen LogP contribution in [0.5, 0.6) is 0 Å². The molecule has 0 aliphatic rings. The highest BCUT2D eigenvalue weighted by molar-refractivity contribution is 5.92. The molecule has 3 aromatic rings. The van der Waals surface area contributed by atoms with Gasteiger partial charge in [-0.2, -0.15) is 0 Å². The van der Waals surface area contributed by atoms with Crippen LogP contribution >= 0.6 is 0 Å². The lowest BCUT2D eigenvalue weighted by atomic mass is 10.2. The van der Waals surface area contributed by atoms with Crippen molar-refractivity contribution in [3.63, 3.8) is 0 Å². The van der Waals surface area contributed by atoms with E-state index in [1.54, 1.807) is 12.1 Å². The molecule has 1 aromatic carbocycles. The van der Waals surface area contributed by atoms with Gasteiger partial charge in [0.1, 0.15) is 0 Å². The standard InChI is InChI=1S/C15H9F3N2O3/c16-9-3-4-10(15(18)14(9)17)19-13(21)7-8-6-12(23-20-8)11-2-1-5-22-11/h1-6H,7H2,(H,19,21). The molecule has 23 heavy (non-hydrogen) atoms. The minimum Gasteiger partial charge on any atom is -0.461 e. The van der Waals surface area contributed by atoms with Crippen LogP contribution in [0.3, 0.4) is 0 Å². The highest BCUT2D eigenvalue weighted by Gasteiger charge is 2.17. The van der Waals surface area contributed by atoms with Crippen LogP contribution in [0, 0.1) is 17.5 Å². The summed E-state index contributed by atoms with van der Waals surface area (Å²) in [7, 11) is 0. The van der Waals surface area contributed by atoms with Crippen molar-refractivity contribution in [1.82, 2.24) is 5.16 Å². The molecule has 0 saturated heterocycles. The lowest BCUT2D eigenvalue weighted by Gasteiger charge is -2.06. The summed E-state index contributed by atoms with van der Waals surface area (Å²) >= 11 is 0. The Morgan fingerprint density at radius 2 is 1.96 bits per heavy atom. The Kier molecular flexibility index (Phi) is 3.88. The number of carbonyl (C=O) groups excluding carboxylic acids is 1. The van der Waals surface area contributed by atoms with E-state index in [-0.39, 0.29) is 12.1 Å². The summed E-state index contributed by atoms with van der Waals surface area (Å²) in [6.07, 6.45) is 1.22. The number of anilines is 1. The van der Waals surface area contributed by atoms with Gasteiger partial charge in [-0.3, -0.25) is 4.79 Å². The molecule has 0 atom stereocenters.